The van der Waals surface area contributed by atoms with Crippen LogP contribution in [0.2, 0.25) is 5.15 Å². The molecule has 0 saturated heterocycles. The molecule has 0 spiro atoms. The van der Waals surface area contributed by atoms with E-state index in [9.17, 15) is 13.2 Å². The Hall–Kier alpha value is -1.97. The van der Waals surface area contributed by atoms with Crippen molar-refractivity contribution in [1.29, 1.82) is 0 Å². The zero-order valence-electron chi connectivity index (χ0n) is 12.1. The van der Waals surface area contributed by atoms with Crippen LogP contribution in [0.1, 0.15) is 21.2 Å². The van der Waals surface area contributed by atoms with E-state index in [1.165, 1.54) is 4.40 Å². The van der Waals surface area contributed by atoms with E-state index in [1.54, 1.807) is 38.2 Å². The summed E-state index contributed by atoms with van der Waals surface area (Å²) in [5.74, 6) is -0.848. The molecule has 7 nitrogen and oxygen atoms in total. The summed E-state index contributed by atoms with van der Waals surface area (Å²) in [4.78, 5) is 20.5. The molecule has 10 heteroatoms. The maximum absolute atomic E-state index is 12.4. The quantitative estimate of drug-likeness (QED) is 0.762. The molecule has 0 aliphatic carbocycles. The van der Waals surface area contributed by atoms with Crippen LogP contribution in [0.3, 0.4) is 0 Å². The number of aromatic nitrogens is 3. The van der Waals surface area contributed by atoms with Crippen LogP contribution in [0.5, 0.6) is 0 Å². The largest absolute Gasteiger partial charge is 0.294 e. The SMILES string of the molecule is Cc1nc(C)c(S(=O)(=O)NC(=O)c2c(Cl)nc3ccccn23)s1. The maximum atomic E-state index is 12.4. The number of amides is 1. The highest BCUT2D eigenvalue weighted by Gasteiger charge is 2.27. The third-order valence-electron chi connectivity index (χ3n) is 3.03. The van der Waals surface area contributed by atoms with E-state index in [0.29, 0.717) is 16.3 Å². The summed E-state index contributed by atoms with van der Waals surface area (Å²) < 4.78 is 28.2. The minimum Gasteiger partial charge on any atom is -0.294 e. The monoisotopic (exact) mass is 370 g/mol. The van der Waals surface area contributed by atoms with Crippen molar-refractivity contribution in [1.82, 2.24) is 19.1 Å². The lowest BCUT2D eigenvalue weighted by Crippen LogP contribution is -2.31. The lowest BCUT2D eigenvalue weighted by molar-refractivity contribution is 0.0976. The number of nitrogens with one attached hydrogen (secondary N) is 1. The van der Waals surface area contributed by atoms with E-state index in [0.717, 1.165) is 11.3 Å². The van der Waals surface area contributed by atoms with E-state index in [-0.39, 0.29) is 15.1 Å². The molecule has 0 aliphatic heterocycles. The third-order valence-corrected chi connectivity index (χ3v) is 6.31. The molecule has 0 saturated carbocycles. The average Bonchev–Trinajstić information content (AvgIpc) is 2.97. The molecule has 3 heterocycles. The Labute approximate surface area is 141 Å². The summed E-state index contributed by atoms with van der Waals surface area (Å²) in [6.07, 6.45) is 1.58. The van der Waals surface area contributed by atoms with Gasteiger partial charge in [-0.3, -0.25) is 9.20 Å². The molecule has 120 valence electrons. The molecule has 0 bridgehead atoms. The Morgan fingerprint density at radius 1 is 1.30 bits per heavy atom. The van der Waals surface area contributed by atoms with Gasteiger partial charge >= 0.3 is 0 Å². The predicted octanol–water partition coefficient (Wildman–Crippen LogP) is 2.18. The fourth-order valence-corrected chi connectivity index (χ4v) is 4.85. The number of sulfonamides is 1. The van der Waals surface area contributed by atoms with Crippen molar-refractivity contribution in [3.05, 3.63) is 45.9 Å². The van der Waals surface area contributed by atoms with Gasteiger partial charge in [-0.1, -0.05) is 17.7 Å². The lowest BCUT2D eigenvalue weighted by atomic mass is 10.4. The fraction of sp³-hybridized carbons (Fsp3) is 0.154. The number of halogens is 1. The number of hydrogen-bond donors (Lipinski definition) is 1. The van der Waals surface area contributed by atoms with Crippen LogP contribution in [0, 0.1) is 13.8 Å². The van der Waals surface area contributed by atoms with Crippen LogP contribution in [0.25, 0.3) is 5.65 Å². The Bertz CT molecular complexity index is 1020. The summed E-state index contributed by atoms with van der Waals surface area (Å²) in [5.41, 5.74) is 0.756. The lowest BCUT2D eigenvalue weighted by Gasteiger charge is -2.06. The van der Waals surface area contributed by atoms with Crippen LogP contribution in [-0.2, 0) is 10.0 Å². The van der Waals surface area contributed by atoms with E-state index in [2.05, 4.69) is 9.97 Å². The zero-order chi connectivity index (χ0) is 16.8. The van der Waals surface area contributed by atoms with Crippen LogP contribution in [-0.4, -0.2) is 28.7 Å². The molecule has 0 unspecified atom stereocenters. The molecule has 3 aromatic rings. The first-order chi connectivity index (χ1) is 10.8. The van der Waals surface area contributed by atoms with Crippen molar-refractivity contribution in [2.75, 3.05) is 0 Å². The number of carbonyl (C=O) groups excluding carboxylic acids is 1. The van der Waals surface area contributed by atoms with Crippen molar-refractivity contribution in [2.24, 2.45) is 0 Å². The molecule has 1 amide bonds. The van der Waals surface area contributed by atoms with Crippen molar-refractivity contribution in [3.63, 3.8) is 0 Å². The van der Waals surface area contributed by atoms with Gasteiger partial charge in [-0.2, -0.15) is 0 Å². The van der Waals surface area contributed by atoms with Gasteiger partial charge in [0.1, 0.15) is 5.65 Å². The molecule has 23 heavy (non-hydrogen) atoms. The van der Waals surface area contributed by atoms with E-state index in [1.807, 2.05) is 4.72 Å². The number of pyridine rings is 1. The summed E-state index contributed by atoms with van der Waals surface area (Å²) in [7, 11) is -4.02. The fourth-order valence-electron chi connectivity index (χ4n) is 2.15. The highest BCUT2D eigenvalue weighted by Crippen LogP contribution is 2.24. The summed E-state index contributed by atoms with van der Waals surface area (Å²) in [6.45, 7) is 3.27. The van der Waals surface area contributed by atoms with Crippen LogP contribution < -0.4 is 4.72 Å². The molecule has 3 aromatic heterocycles. The number of carbonyl (C=O) groups is 1. The van der Waals surface area contributed by atoms with Crippen molar-refractivity contribution in [2.45, 2.75) is 18.1 Å². The Morgan fingerprint density at radius 3 is 2.70 bits per heavy atom. The molecule has 1 N–H and O–H groups in total. The standard InChI is InChI=1S/C13H11ClN4O3S2/c1-7-13(22-8(2)15-7)23(20,21)17-12(19)10-11(14)16-9-5-3-4-6-18(9)10/h3-6H,1-2H3,(H,17,19). The Morgan fingerprint density at radius 2 is 2.04 bits per heavy atom. The van der Waals surface area contributed by atoms with Crippen molar-refractivity contribution in [3.8, 4) is 0 Å². The van der Waals surface area contributed by atoms with Crippen LogP contribution in [0.15, 0.2) is 28.6 Å². The number of nitrogens with zero attached hydrogens (tertiary/aromatic N) is 3. The predicted molar refractivity (Wildman–Crippen MR) is 86.4 cm³/mol. The number of hydrogen-bond acceptors (Lipinski definition) is 6. The molecule has 3 rings (SSSR count). The molecule has 0 aliphatic rings. The summed E-state index contributed by atoms with van der Waals surface area (Å²) in [5, 5.41) is 0.532. The number of imidazole rings is 1. The highest BCUT2D eigenvalue weighted by molar-refractivity contribution is 7.92. The maximum Gasteiger partial charge on any atom is 0.285 e. The highest BCUT2D eigenvalue weighted by atomic mass is 35.5. The van der Waals surface area contributed by atoms with Gasteiger partial charge in [0.05, 0.1) is 10.7 Å². The van der Waals surface area contributed by atoms with Crippen LogP contribution in [0.4, 0.5) is 0 Å². The second-order valence-corrected chi connectivity index (χ2v) is 8.16. The van der Waals surface area contributed by atoms with Gasteiger partial charge in [0.15, 0.2) is 15.1 Å². The summed E-state index contributed by atoms with van der Waals surface area (Å²) >= 11 is 6.97. The number of aryl methyl sites for hydroxylation is 2. The third kappa shape index (κ3) is 2.82. The smallest absolute Gasteiger partial charge is 0.285 e. The first-order valence-electron chi connectivity index (χ1n) is 6.43. The van der Waals surface area contributed by atoms with Crippen molar-refractivity contribution >= 4 is 44.5 Å². The van der Waals surface area contributed by atoms with Gasteiger partial charge in [0, 0.05) is 6.20 Å². The minimum absolute atomic E-state index is 0.00768. The summed E-state index contributed by atoms with van der Waals surface area (Å²) in [6, 6.07) is 5.08. The molecule has 0 fully saturated rings. The Kier molecular flexibility index (Phi) is 3.86. The van der Waals surface area contributed by atoms with E-state index < -0.39 is 15.9 Å². The minimum atomic E-state index is -4.02. The normalized spacial score (nSPS) is 11.8. The molecule has 0 aromatic carbocycles. The zero-order valence-corrected chi connectivity index (χ0v) is 14.5. The first-order valence-corrected chi connectivity index (χ1v) is 9.11. The van der Waals surface area contributed by atoms with Gasteiger partial charge in [-0.15, -0.1) is 11.3 Å². The number of rotatable bonds is 3. The number of thiazole rings is 1. The molecule has 0 atom stereocenters. The topological polar surface area (TPSA) is 93.4 Å². The first kappa shape index (κ1) is 15.9. The van der Waals surface area contributed by atoms with Gasteiger partial charge in [0.25, 0.3) is 15.9 Å². The van der Waals surface area contributed by atoms with Gasteiger partial charge < -0.3 is 0 Å². The number of fused-ring (bicyclic) bond motifs is 1. The second-order valence-electron chi connectivity index (χ2n) is 4.72. The van der Waals surface area contributed by atoms with E-state index >= 15 is 0 Å². The van der Waals surface area contributed by atoms with Gasteiger partial charge in [-0.05, 0) is 26.0 Å². The second kappa shape index (κ2) is 5.59. The Balaban J connectivity index is 2.01. The molecular formula is C13H11ClN4O3S2. The molecule has 0 radical (unpaired) electrons. The average molecular weight is 371 g/mol. The van der Waals surface area contributed by atoms with E-state index in [4.69, 9.17) is 11.6 Å². The van der Waals surface area contributed by atoms with Gasteiger partial charge in [0.2, 0.25) is 0 Å². The molecular weight excluding hydrogens is 360 g/mol. The van der Waals surface area contributed by atoms with Crippen LogP contribution >= 0.6 is 22.9 Å². The van der Waals surface area contributed by atoms with Gasteiger partial charge in [-0.25, -0.2) is 23.1 Å². The van der Waals surface area contributed by atoms with Crippen molar-refractivity contribution < 1.29 is 13.2 Å².